The largest absolute Gasteiger partial charge is 0.480 e. The summed E-state index contributed by atoms with van der Waals surface area (Å²) >= 11 is 0. The van der Waals surface area contributed by atoms with E-state index in [1.807, 2.05) is 60.0 Å². The van der Waals surface area contributed by atoms with E-state index in [4.69, 9.17) is 4.74 Å². The maximum atomic E-state index is 12.5. The van der Waals surface area contributed by atoms with Gasteiger partial charge in [0.2, 0.25) is 0 Å². The Labute approximate surface area is 133 Å². The maximum Gasteiger partial charge on any atom is 0.262 e. The van der Waals surface area contributed by atoms with Crippen LogP contribution in [0.15, 0.2) is 48.7 Å². The van der Waals surface area contributed by atoms with Crippen LogP contribution >= 0.6 is 0 Å². The summed E-state index contributed by atoms with van der Waals surface area (Å²) in [5, 5.41) is 11.2. The summed E-state index contributed by atoms with van der Waals surface area (Å²) in [6.45, 7) is 1.89. The lowest BCUT2D eigenvalue weighted by Crippen LogP contribution is -2.39. The number of ether oxygens (including phenoxy) is 1. The Bertz CT molecular complexity index is 849. The van der Waals surface area contributed by atoms with E-state index in [0.717, 1.165) is 17.0 Å². The third kappa shape index (κ3) is 2.42. The molecule has 4 rings (SSSR count). The number of benzene rings is 1. The molecule has 1 aliphatic heterocycles. The van der Waals surface area contributed by atoms with Gasteiger partial charge in [0.1, 0.15) is 5.75 Å². The van der Waals surface area contributed by atoms with Gasteiger partial charge in [0.15, 0.2) is 17.6 Å². The number of fused-ring (bicyclic) bond motifs is 2. The number of aromatic nitrogens is 3. The molecular weight excluding hydrogens is 292 g/mol. The first-order valence-corrected chi connectivity index (χ1v) is 7.57. The van der Waals surface area contributed by atoms with Gasteiger partial charge in [-0.2, -0.15) is 0 Å². The summed E-state index contributed by atoms with van der Waals surface area (Å²) in [4.78, 5) is 12.5. The number of carbonyl (C=O) groups is 1. The summed E-state index contributed by atoms with van der Waals surface area (Å²) in [6, 6.07) is 13.2. The number of hydrogen-bond donors (Lipinski definition) is 1. The Kier molecular flexibility index (Phi) is 3.22. The Morgan fingerprint density at radius 1 is 1.26 bits per heavy atom. The van der Waals surface area contributed by atoms with Gasteiger partial charge in [-0.3, -0.25) is 9.20 Å². The van der Waals surface area contributed by atoms with Crippen LogP contribution in [0.2, 0.25) is 0 Å². The molecule has 6 nitrogen and oxygen atoms in total. The zero-order valence-corrected chi connectivity index (χ0v) is 12.6. The molecule has 0 saturated carbocycles. The summed E-state index contributed by atoms with van der Waals surface area (Å²) in [5.41, 5.74) is 1.82. The summed E-state index contributed by atoms with van der Waals surface area (Å²) in [7, 11) is 0. The highest BCUT2D eigenvalue weighted by atomic mass is 16.5. The zero-order valence-electron chi connectivity index (χ0n) is 12.6. The van der Waals surface area contributed by atoms with Crippen molar-refractivity contribution in [1.29, 1.82) is 0 Å². The number of para-hydroxylation sites is 1. The van der Waals surface area contributed by atoms with Crippen molar-refractivity contribution in [3.8, 4) is 5.75 Å². The van der Waals surface area contributed by atoms with E-state index in [9.17, 15) is 4.79 Å². The van der Waals surface area contributed by atoms with Gasteiger partial charge in [0, 0.05) is 12.6 Å². The van der Waals surface area contributed by atoms with Crippen LogP contribution in [-0.4, -0.2) is 26.6 Å². The van der Waals surface area contributed by atoms with Crippen molar-refractivity contribution >= 4 is 11.6 Å². The van der Waals surface area contributed by atoms with Crippen LogP contribution in [0.5, 0.6) is 5.75 Å². The summed E-state index contributed by atoms with van der Waals surface area (Å²) in [5.74, 6) is 1.35. The van der Waals surface area contributed by atoms with E-state index < -0.39 is 6.10 Å². The molecule has 6 heteroatoms. The van der Waals surface area contributed by atoms with Crippen LogP contribution in [0.4, 0.5) is 0 Å². The van der Waals surface area contributed by atoms with Crippen LogP contribution in [-0.2, 0) is 11.2 Å². The Morgan fingerprint density at radius 3 is 2.96 bits per heavy atom. The number of nitrogens with one attached hydrogen (secondary N) is 1. The molecule has 0 fully saturated rings. The topological polar surface area (TPSA) is 68.5 Å². The molecule has 1 aromatic carbocycles. The van der Waals surface area contributed by atoms with E-state index in [1.54, 1.807) is 0 Å². The van der Waals surface area contributed by atoms with Gasteiger partial charge in [-0.1, -0.05) is 24.3 Å². The SMILES string of the molecule is CC(NC(=O)C1Cc2ccccc2O1)c1nnc2ccccn12. The number of nitrogens with zero attached hydrogens (tertiary/aromatic N) is 3. The predicted molar refractivity (Wildman–Crippen MR) is 84.1 cm³/mol. The minimum absolute atomic E-state index is 0.138. The lowest BCUT2D eigenvalue weighted by Gasteiger charge is -2.16. The van der Waals surface area contributed by atoms with Crippen molar-refractivity contribution in [2.45, 2.75) is 25.5 Å². The highest BCUT2D eigenvalue weighted by Gasteiger charge is 2.30. The lowest BCUT2D eigenvalue weighted by molar-refractivity contribution is -0.127. The van der Waals surface area contributed by atoms with Crippen molar-refractivity contribution in [2.75, 3.05) is 0 Å². The molecule has 3 aromatic rings. The molecule has 2 aromatic heterocycles. The second-order valence-corrected chi connectivity index (χ2v) is 5.64. The van der Waals surface area contributed by atoms with Crippen LogP contribution in [0.1, 0.15) is 24.4 Å². The van der Waals surface area contributed by atoms with Crippen molar-refractivity contribution in [1.82, 2.24) is 19.9 Å². The molecule has 23 heavy (non-hydrogen) atoms. The molecule has 3 heterocycles. The zero-order chi connectivity index (χ0) is 15.8. The van der Waals surface area contributed by atoms with Crippen molar-refractivity contribution < 1.29 is 9.53 Å². The van der Waals surface area contributed by atoms with Gasteiger partial charge in [-0.05, 0) is 30.7 Å². The lowest BCUT2D eigenvalue weighted by atomic mass is 10.1. The third-order valence-electron chi connectivity index (χ3n) is 4.03. The number of amides is 1. The van der Waals surface area contributed by atoms with E-state index in [0.29, 0.717) is 12.2 Å². The van der Waals surface area contributed by atoms with Crippen LogP contribution < -0.4 is 10.1 Å². The smallest absolute Gasteiger partial charge is 0.262 e. The molecule has 0 spiro atoms. The molecule has 2 unspecified atom stereocenters. The molecule has 0 saturated heterocycles. The van der Waals surface area contributed by atoms with Crippen LogP contribution in [0.3, 0.4) is 0 Å². The van der Waals surface area contributed by atoms with Crippen molar-refractivity contribution in [2.24, 2.45) is 0 Å². The fourth-order valence-electron chi connectivity index (χ4n) is 2.85. The Balaban J connectivity index is 1.49. The fourth-order valence-corrected chi connectivity index (χ4v) is 2.85. The van der Waals surface area contributed by atoms with Gasteiger partial charge in [0.05, 0.1) is 6.04 Å². The van der Waals surface area contributed by atoms with Gasteiger partial charge >= 0.3 is 0 Å². The van der Waals surface area contributed by atoms with Crippen molar-refractivity contribution in [3.05, 3.63) is 60.0 Å². The Hall–Kier alpha value is -2.89. The monoisotopic (exact) mass is 308 g/mol. The highest BCUT2D eigenvalue weighted by Crippen LogP contribution is 2.28. The van der Waals surface area contributed by atoms with Gasteiger partial charge in [-0.25, -0.2) is 0 Å². The summed E-state index contributed by atoms with van der Waals surface area (Å²) in [6.07, 6.45) is 1.99. The first-order valence-electron chi connectivity index (χ1n) is 7.57. The average Bonchev–Trinajstić information content (AvgIpc) is 3.18. The quantitative estimate of drug-likeness (QED) is 0.802. The molecule has 0 aliphatic carbocycles. The molecule has 2 atom stereocenters. The standard InChI is InChI=1S/C17H16N4O2/c1-11(16-20-19-15-8-4-5-9-21(15)16)18-17(22)14-10-12-6-2-3-7-13(12)23-14/h2-9,11,14H,10H2,1H3,(H,18,22). The maximum absolute atomic E-state index is 12.5. The molecule has 116 valence electrons. The number of rotatable bonds is 3. The second-order valence-electron chi connectivity index (χ2n) is 5.64. The number of carbonyl (C=O) groups excluding carboxylic acids is 1. The molecular formula is C17H16N4O2. The minimum Gasteiger partial charge on any atom is -0.480 e. The molecule has 0 radical (unpaired) electrons. The normalized spacial score (nSPS) is 17.5. The van der Waals surface area contributed by atoms with E-state index in [2.05, 4.69) is 15.5 Å². The van der Waals surface area contributed by atoms with Gasteiger partial charge in [0.25, 0.3) is 5.91 Å². The van der Waals surface area contributed by atoms with Crippen LogP contribution in [0.25, 0.3) is 5.65 Å². The first-order chi connectivity index (χ1) is 11.2. The molecule has 1 amide bonds. The predicted octanol–water partition coefficient (Wildman–Crippen LogP) is 1.91. The molecule has 1 aliphatic rings. The van der Waals surface area contributed by atoms with E-state index in [1.165, 1.54) is 0 Å². The van der Waals surface area contributed by atoms with Crippen LogP contribution in [0, 0.1) is 0 Å². The molecule has 0 bridgehead atoms. The third-order valence-corrected chi connectivity index (χ3v) is 4.03. The molecule has 1 N–H and O–H groups in total. The fraction of sp³-hybridized carbons (Fsp3) is 0.235. The van der Waals surface area contributed by atoms with Crippen molar-refractivity contribution in [3.63, 3.8) is 0 Å². The summed E-state index contributed by atoms with van der Waals surface area (Å²) < 4.78 is 7.59. The highest BCUT2D eigenvalue weighted by molar-refractivity contribution is 5.82. The Morgan fingerprint density at radius 2 is 2.09 bits per heavy atom. The van der Waals surface area contributed by atoms with Gasteiger partial charge < -0.3 is 10.1 Å². The number of hydrogen-bond acceptors (Lipinski definition) is 4. The van der Waals surface area contributed by atoms with Gasteiger partial charge in [-0.15, -0.1) is 10.2 Å². The number of pyridine rings is 1. The minimum atomic E-state index is -0.492. The first kappa shape index (κ1) is 13.8. The second kappa shape index (κ2) is 5.39. The van der Waals surface area contributed by atoms with E-state index >= 15 is 0 Å². The average molecular weight is 308 g/mol. The van der Waals surface area contributed by atoms with E-state index in [-0.39, 0.29) is 11.9 Å².